The second-order valence-corrected chi connectivity index (χ2v) is 4.00. The van der Waals surface area contributed by atoms with Gasteiger partial charge in [0.15, 0.2) is 5.78 Å². The highest BCUT2D eigenvalue weighted by molar-refractivity contribution is 5.98. The van der Waals surface area contributed by atoms with Crippen molar-refractivity contribution in [2.45, 2.75) is 12.8 Å². The second-order valence-electron chi connectivity index (χ2n) is 4.00. The third kappa shape index (κ3) is 1.88. The van der Waals surface area contributed by atoms with Crippen LogP contribution < -0.4 is 10.6 Å². The predicted octanol–water partition coefficient (Wildman–Crippen LogP) is 1.21. The lowest BCUT2D eigenvalue weighted by atomic mass is 9.98. The molecule has 1 aromatic rings. The normalized spacial score (nSPS) is 14.9. The Kier molecular flexibility index (Phi) is 2.73. The third-order valence-electron chi connectivity index (χ3n) is 2.94. The van der Waals surface area contributed by atoms with Crippen LogP contribution in [0.3, 0.4) is 0 Å². The number of ketones is 1. The minimum Gasteiger partial charge on any atom is -0.374 e. The highest BCUT2D eigenvalue weighted by atomic mass is 16.1. The van der Waals surface area contributed by atoms with E-state index in [4.69, 9.17) is 5.73 Å². The van der Waals surface area contributed by atoms with Gasteiger partial charge < -0.3 is 10.6 Å². The summed E-state index contributed by atoms with van der Waals surface area (Å²) >= 11 is 0. The fraction of sp³-hybridized carbons (Fsp3) is 0.417. The molecular weight excluding hydrogens is 188 g/mol. The van der Waals surface area contributed by atoms with Crippen molar-refractivity contribution < 1.29 is 4.79 Å². The number of carbonyl (C=O) groups is 1. The molecule has 0 unspecified atom stereocenters. The zero-order valence-electron chi connectivity index (χ0n) is 8.99. The fourth-order valence-corrected chi connectivity index (χ4v) is 2.08. The topological polar surface area (TPSA) is 46.3 Å². The molecule has 80 valence electrons. The van der Waals surface area contributed by atoms with E-state index in [0.29, 0.717) is 0 Å². The van der Waals surface area contributed by atoms with Crippen molar-refractivity contribution in [3.05, 3.63) is 29.3 Å². The van der Waals surface area contributed by atoms with Gasteiger partial charge in [-0.1, -0.05) is 0 Å². The number of Topliss-reactive ketones (excluding diaryl/α,β-unsaturated/α-hetero) is 1. The first kappa shape index (κ1) is 10.2. The molecule has 0 aromatic heterocycles. The summed E-state index contributed by atoms with van der Waals surface area (Å²) in [5.74, 6) is 0.0195. The quantitative estimate of drug-likeness (QED) is 0.736. The summed E-state index contributed by atoms with van der Waals surface area (Å²) in [5.41, 5.74) is 8.60. The minimum atomic E-state index is 0.0195. The largest absolute Gasteiger partial charge is 0.374 e. The zero-order chi connectivity index (χ0) is 10.8. The summed E-state index contributed by atoms with van der Waals surface area (Å²) in [6.07, 6.45) is 2.22. The number of rotatable bonds is 2. The summed E-state index contributed by atoms with van der Waals surface area (Å²) in [7, 11) is 2.09. The number of benzene rings is 1. The standard InChI is InChI=1S/C12H16N2O/c1-14-6-2-3-9-7-10(12(15)8-13)4-5-11(9)14/h4-5,7H,2-3,6,8,13H2,1H3. The molecule has 3 nitrogen and oxygen atoms in total. The smallest absolute Gasteiger partial charge is 0.176 e. The van der Waals surface area contributed by atoms with Crippen LogP contribution in [0.1, 0.15) is 22.3 Å². The zero-order valence-corrected chi connectivity index (χ0v) is 8.99. The Hall–Kier alpha value is -1.35. The van der Waals surface area contributed by atoms with E-state index >= 15 is 0 Å². The first-order valence-corrected chi connectivity index (χ1v) is 5.29. The Balaban J connectivity index is 2.37. The number of fused-ring (bicyclic) bond motifs is 1. The van der Waals surface area contributed by atoms with Crippen LogP contribution in [-0.2, 0) is 6.42 Å². The van der Waals surface area contributed by atoms with Gasteiger partial charge in [-0.3, -0.25) is 4.79 Å². The van der Waals surface area contributed by atoms with Crippen molar-refractivity contribution in [2.75, 3.05) is 25.0 Å². The molecular formula is C12H16N2O. The molecule has 3 heteroatoms. The molecule has 0 spiro atoms. The van der Waals surface area contributed by atoms with Gasteiger partial charge in [0.25, 0.3) is 0 Å². The van der Waals surface area contributed by atoms with Gasteiger partial charge in [-0.25, -0.2) is 0 Å². The molecule has 1 aliphatic rings. The lowest BCUT2D eigenvalue weighted by Gasteiger charge is -2.27. The molecule has 0 bridgehead atoms. The SMILES string of the molecule is CN1CCCc2cc(C(=O)CN)ccc21. The highest BCUT2D eigenvalue weighted by Gasteiger charge is 2.15. The Morgan fingerprint density at radius 3 is 3.07 bits per heavy atom. The molecule has 15 heavy (non-hydrogen) atoms. The maximum Gasteiger partial charge on any atom is 0.176 e. The van der Waals surface area contributed by atoms with Gasteiger partial charge in [0.1, 0.15) is 0 Å². The first-order valence-electron chi connectivity index (χ1n) is 5.29. The van der Waals surface area contributed by atoms with Crippen LogP contribution in [-0.4, -0.2) is 25.9 Å². The fourth-order valence-electron chi connectivity index (χ4n) is 2.08. The molecule has 2 N–H and O–H groups in total. The van der Waals surface area contributed by atoms with Crippen LogP contribution in [0.5, 0.6) is 0 Å². The van der Waals surface area contributed by atoms with E-state index in [-0.39, 0.29) is 12.3 Å². The van der Waals surface area contributed by atoms with E-state index in [9.17, 15) is 4.79 Å². The molecule has 0 amide bonds. The lowest BCUT2D eigenvalue weighted by Crippen LogP contribution is -2.25. The number of anilines is 1. The van der Waals surface area contributed by atoms with Gasteiger partial charge >= 0.3 is 0 Å². The van der Waals surface area contributed by atoms with Gasteiger partial charge in [-0.2, -0.15) is 0 Å². The average Bonchev–Trinajstić information content (AvgIpc) is 2.28. The lowest BCUT2D eigenvalue weighted by molar-refractivity contribution is 0.100. The Morgan fingerprint density at radius 2 is 2.33 bits per heavy atom. The molecule has 1 aliphatic heterocycles. The summed E-state index contributed by atoms with van der Waals surface area (Å²) in [6.45, 7) is 1.19. The maximum absolute atomic E-state index is 11.4. The summed E-state index contributed by atoms with van der Waals surface area (Å²) in [5, 5.41) is 0. The average molecular weight is 204 g/mol. The number of carbonyl (C=O) groups excluding carboxylic acids is 1. The second kappa shape index (κ2) is 4.03. The number of aryl methyl sites for hydroxylation is 1. The van der Waals surface area contributed by atoms with Crippen LogP contribution in [0.2, 0.25) is 0 Å². The highest BCUT2D eigenvalue weighted by Crippen LogP contribution is 2.26. The summed E-state index contributed by atoms with van der Waals surface area (Å²) in [4.78, 5) is 13.7. The van der Waals surface area contributed by atoms with Gasteiger partial charge in [-0.05, 0) is 36.6 Å². The van der Waals surface area contributed by atoms with Gasteiger partial charge in [0, 0.05) is 24.8 Å². The van der Waals surface area contributed by atoms with Crippen molar-refractivity contribution in [3.63, 3.8) is 0 Å². The molecule has 0 radical (unpaired) electrons. The van der Waals surface area contributed by atoms with Crippen molar-refractivity contribution in [2.24, 2.45) is 5.73 Å². The first-order chi connectivity index (χ1) is 7.22. The minimum absolute atomic E-state index is 0.0195. The van der Waals surface area contributed by atoms with Gasteiger partial charge in [0.05, 0.1) is 6.54 Å². The monoisotopic (exact) mass is 204 g/mol. The van der Waals surface area contributed by atoms with Gasteiger partial charge in [-0.15, -0.1) is 0 Å². The number of hydrogen-bond donors (Lipinski definition) is 1. The van der Waals surface area contributed by atoms with E-state index in [1.54, 1.807) is 0 Å². The third-order valence-corrected chi connectivity index (χ3v) is 2.94. The van der Waals surface area contributed by atoms with E-state index in [2.05, 4.69) is 11.9 Å². The van der Waals surface area contributed by atoms with E-state index in [0.717, 1.165) is 24.9 Å². The molecule has 0 aliphatic carbocycles. The summed E-state index contributed by atoms with van der Waals surface area (Å²) in [6, 6.07) is 5.88. The van der Waals surface area contributed by atoms with Crippen LogP contribution >= 0.6 is 0 Å². The molecule has 0 fully saturated rings. The van der Waals surface area contributed by atoms with Crippen LogP contribution in [0.4, 0.5) is 5.69 Å². The predicted molar refractivity (Wildman–Crippen MR) is 61.4 cm³/mol. The Labute approximate surface area is 89.9 Å². The maximum atomic E-state index is 11.4. The van der Waals surface area contributed by atoms with E-state index in [1.807, 2.05) is 18.2 Å². The molecule has 2 rings (SSSR count). The molecule has 0 saturated heterocycles. The van der Waals surface area contributed by atoms with E-state index in [1.165, 1.54) is 11.3 Å². The molecule has 1 aromatic carbocycles. The van der Waals surface area contributed by atoms with Gasteiger partial charge in [0.2, 0.25) is 0 Å². The summed E-state index contributed by atoms with van der Waals surface area (Å²) < 4.78 is 0. The Bertz CT molecular complexity index is 387. The Morgan fingerprint density at radius 1 is 1.53 bits per heavy atom. The van der Waals surface area contributed by atoms with Crippen molar-refractivity contribution >= 4 is 11.5 Å². The molecule has 0 saturated carbocycles. The van der Waals surface area contributed by atoms with Crippen LogP contribution in [0, 0.1) is 0 Å². The van der Waals surface area contributed by atoms with Crippen LogP contribution in [0.25, 0.3) is 0 Å². The van der Waals surface area contributed by atoms with Crippen molar-refractivity contribution in [1.29, 1.82) is 0 Å². The molecule has 0 atom stereocenters. The van der Waals surface area contributed by atoms with E-state index < -0.39 is 0 Å². The number of nitrogens with two attached hydrogens (primary N) is 1. The van der Waals surface area contributed by atoms with Crippen molar-refractivity contribution in [3.8, 4) is 0 Å². The number of nitrogens with zero attached hydrogens (tertiary/aromatic N) is 1. The molecule has 1 heterocycles. The van der Waals surface area contributed by atoms with Crippen molar-refractivity contribution in [1.82, 2.24) is 0 Å². The number of hydrogen-bond acceptors (Lipinski definition) is 3. The van der Waals surface area contributed by atoms with Crippen LogP contribution in [0.15, 0.2) is 18.2 Å².